The average Bonchev–Trinajstić information content (AvgIpc) is 2.98. The molecule has 0 N–H and O–H groups in total. The normalized spacial score (nSPS) is 25.2. The van der Waals surface area contributed by atoms with Crippen molar-refractivity contribution in [2.45, 2.75) is 70.6 Å². The topological polar surface area (TPSA) is 12.5 Å². The van der Waals surface area contributed by atoms with Crippen LogP contribution in [-0.4, -0.2) is 36.2 Å². The Morgan fingerprint density at radius 2 is 1.93 bits per heavy atom. The molecule has 88 valence electrons. The Labute approximate surface area is 94.0 Å². The Kier molecular flexibility index (Phi) is 4.04. The molecule has 2 heteroatoms. The Hall–Kier alpha value is -0.0800. The molecule has 2 fully saturated rings. The first-order valence-electron chi connectivity index (χ1n) is 6.73. The molecule has 0 aromatic heterocycles. The predicted octanol–water partition coefficient (Wildman–Crippen LogP) is 2.82. The molecule has 0 aromatic rings. The lowest BCUT2D eigenvalue weighted by atomic mass is 10.0. The predicted molar refractivity (Wildman–Crippen MR) is 63.1 cm³/mol. The molecule has 2 aliphatic rings. The van der Waals surface area contributed by atoms with Crippen LogP contribution in [0.5, 0.6) is 0 Å². The van der Waals surface area contributed by atoms with Crippen molar-refractivity contribution < 1.29 is 4.74 Å². The van der Waals surface area contributed by atoms with Gasteiger partial charge >= 0.3 is 0 Å². The van der Waals surface area contributed by atoms with E-state index in [2.05, 4.69) is 18.7 Å². The van der Waals surface area contributed by atoms with Crippen LogP contribution in [0.4, 0.5) is 0 Å². The van der Waals surface area contributed by atoms with E-state index in [1.54, 1.807) is 0 Å². The van der Waals surface area contributed by atoms with Crippen LogP contribution in [0.1, 0.15) is 52.4 Å². The second-order valence-corrected chi connectivity index (χ2v) is 5.12. The van der Waals surface area contributed by atoms with Crippen LogP contribution in [0.2, 0.25) is 0 Å². The lowest BCUT2D eigenvalue weighted by Crippen LogP contribution is -2.56. The first kappa shape index (κ1) is 11.4. The lowest BCUT2D eigenvalue weighted by molar-refractivity contribution is -0.0810. The van der Waals surface area contributed by atoms with Crippen molar-refractivity contribution in [1.29, 1.82) is 0 Å². The summed E-state index contributed by atoms with van der Waals surface area (Å²) in [6.07, 6.45) is 9.20. The van der Waals surface area contributed by atoms with Gasteiger partial charge in [0.25, 0.3) is 0 Å². The molecule has 0 aromatic carbocycles. The molecule has 15 heavy (non-hydrogen) atoms. The van der Waals surface area contributed by atoms with Crippen LogP contribution in [0.15, 0.2) is 0 Å². The van der Waals surface area contributed by atoms with Gasteiger partial charge in [-0.15, -0.1) is 0 Å². The molecule has 0 radical (unpaired) electrons. The molecule has 0 unspecified atom stereocenters. The number of hydrogen-bond donors (Lipinski definition) is 0. The third-order valence-electron chi connectivity index (χ3n) is 3.66. The second kappa shape index (κ2) is 5.31. The number of ether oxygens (including phenoxy) is 1. The Morgan fingerprint density at radius 1 is 1.20 bits per heavy atom. The minimum absolute atomic E-state index is 0.563. The third kappa shape index (κ3) is 3.18. The second-order valence-electron chi connectivity index (χ2n) is 5.12. The molecule has 0 bridgehead atoms. The maximum absolute atomic E-state index is 5.88. The summed E-state index contributed by atoms with van der Waals surface area (Å²) in [6.45, 7) is 6.98. The maximum atomic E-state index is 5.88. The van der Waals surface area contributed by atoms with E-state index in [0.29, 0.717) is 12.2 Å². The van der Waals surface area contributed by atoms with Crippen molar-refractivity contribution in [3.05, 3.63) is 0 Å². The van der Waals surface area contributed by atoms with Crippen molar-refractivity contribution in [2.75, 3.05) is 13.1 Å². The van der Waals surface area contributed by atoms with Gasteiger partial charge in [-0.25, -0.2) is 0 Å². The van der Waals surface area contributed by atoms with Crippen molar-refractivity contribution in [2.24, 2.45) is 0 Å². The smallest absolute Gasteiger partial charge is 0.0832 e. The SMILES string of the molecule is CCCC[C@@H](CC)N1CC(OC2CC2)C1. The fraction of sp³-hybridized carbons (Fsp3) is 1.00. The standard InChI is InChI=1S/C13H25NO/c1-3-5-6-11(4-2)14-9-13(10-14)15-12-7-8-12/h11-13H,3-10H2,1-2H3/t11-/m1/s1. The molecular weight excluding hydrogens is 186 g/mol. The van der Waals surface area contributed by atoms with Crippen molar-refractivity contribution in [1.82, 2.24) is 4.90 Å². The summed E-state index contributed by atoms with van der Waals surface area (Å²) in [4.78, 5) is 2.61. The largest absolute Gasteiger partial charge is 0.372 e. The zero-order valence-electron chi connectivity index (χ0n) is 10.2. The van der Waals surface area contributed by atoms with Gasteiger partial charge in [0.05, 0.1) is 12.2 Å². The zero-order chi connectivity index (χ0) is 10.7. The summed E-state index contributed by atoms with van der Waals surface area (Å²) in [7, 11) is 0. The van der Waals surface area contributed by atoms with E-state index >= 15 is 0 Å². The molecule has 1 saturated carbocycles. The summed E-state index contributed by atoms with van der Waals surface area (Å²) in [5.41, 5.74) is 0. The van der Waals surface area contributed by atoms with Crippen LogP contribution >= 0.6 is 0 Å². The van der Waals surface area contributed by atoms with E-state index in [1.807, 2.05) is 0 Å². The van der Waals surface area contributed by atoms with Crippen LogP contribution in [-0.2, 0) is 4.74 Å². The highest BCUT2D eigenvalue weighted by atomic mass is 16.5. The van der Waals surface area contributed by atoms with Gasteiger partial charge in [0.2, 0.25) is 0 Å². The molecular formula is C13H25NO. The number of rotatable bonds is 7. The van der Waals surface area contributed by atoms with Gasteiger partial charge in [-0.2, -0.15) is 0 Å². The average molecular weight is 211 g/mol. The van der Waals surface area contributed by atoms with Gasteiger partial charge in [0, 0.05) is 19.1 Å². The first-order chi connectivity index (χ1) is 7.33. The van der Waals surface area contributed by atoms with Gasteiger partial charge in [-0.1, -0.05) is 26.7 Å². The highest BCUT2D eigenvalue weighted by molar-refractivity contribution is 4.88. The fourth-order valence-electron chi connectivity index (χ4n) is 2.41. The van der Waals surface area contributed by atoms with E-state index in [0.717, 1.165) is 6.04 Å². The molecule has 0 amide bonds. The van der Waals surface area contributed by atoms with Crippen molar-refractivity contribution in [3.63, 3.8) is 0 Å². The zero-order valence-corrected chi connectivity index (χ0v) is 10.2. The van der Waals surface area contributed by atoms with E-state index in [4.69, 9.17) is 4.74 Å². The quantitative estimate of drug-likeness (QED) is 0.642. The lowest BCUT2D eigenvalue weighted by Gasteiger charge is -2.44. The van der Waals surface area contributed by atoms with Gasteiger partial charge in [-0.3, -0.25) is 4.90 Å². The Bertz CT molecular complexity index is 185. The molecule has 1 heterocycles. The summed E-state index contributed by atoms with van der Waals surface area (Å²) < 4.78 is 5.88. The molecule has 0 spiro atoms. The van der Waals surface area contributed by atoms with E-state index in [-0.39, 0.29) is 0 Å². The summed E-state index contributed by atoms with van der Waals surface area (Å²) in [5.74, 6) is 0. The number of nitrogens with zero attached hydrogens (tertiary/aromatic N) is 1. The van der Waals surface area contributed by atoms with Crippen LogP contribution in [0.3, 0.4) is 0 Å². The van der Waals surface area contributed by atoms with E-state index in [9.17, 15) is 0 Å². The molecule has 1 saturated heterocycles. The van der Waals surface area contributed by atoms with Gasteiger partial charge < -0.3 is 4.74 Å². The summed E-state index contributed by atoms with van der Waals surface area (Å²) in [5, 5.41) is 0. The third-order valence-corrected chi connectivity index (χ3v) is 3.66. The Morgan fingerprint density at radius 3 is 2.47 bits per heavy atom. The molecule has 2 rings (SSSR count). The first-order valence-corrected chi connectivity index (χ1v) is 6.73. The van der Waals surface area contributed by atoms with Crippen molar-refractivity contribution >= 4 is 0 Å². The molecule has 1 aliphatic carbocycles. The van der Waals surface area contributed by atoms with E-state index < -0.39 is 0 Å². The van der Waals surface area contributed by atoms with Crippen LogP contribution < -0.4 is 0 Å². The fourth-order valence-corrected chi connectivity index (χ4v) is 2.41. The van der Waals surface area contributed by atoms with Crippen LogP contribution in [0, 0.1) is 0 Å². The number of unbranched alkanes of at least 4 members (excludes halogenated alkanes) is 1. The monoisotopic (exact) mass is 211 g/mol. The minimum Gasteiger partial charge on any atom is -0.372 e. The highest BCUT2D eigenvalue weighted by Crippen LogP contribution is 2.29. The number of hydrogen-bond acceptors (Lipinski definition) is 2. The van der Waals surface area contributed by atoms with Crippen LogP contribution in [0.25, 0.3) is 0 Å². The Balaban J connectivity index is 1.61. The highest BCUT2D eigenvalue weighted by Gasteiger charge is 2.35. The molecule has 1 atom stereocenters. The number of likely N-dealkylation sites (tertiary alicyclic amines) is 1. The van der Waals surface area contributed by atoms with Gasteiger partial charge in [-0.05, 0) is 25.7 Å². The van der Waals surface area contributed by atoms with Crippen molar-refractivity contribution in [3.8, 4) is 0 Å². The van der Waals surface area contributed by atoms with E-state index in [1.165, 1.54) is 51.6 Å². The van der Waals surface area contributed by atoms with Gasteiger partial charge in [0.1, 0.15) is 0 Å². The summed E-state index contributed by atoms with van der Waals surface area (Å²) >= 11 is 0. The van der Waals surface area contributed by atoms with Gasteiger partial charge in [0.15, 0.2) is 0 Å². The summed E-state index contributed by atoms with van der Waals surface area (Å²) in [6, 6.07) is 0.823. The molecule has 1 aliphatic heterocycles. The maximum Gasteiger partial charge on any atom is 0.0832 e. The molecule has 2 nitrogen and oxygen atoms in total. The minimum atomic E-state index is 0.563.